The minimum Gasteiger partial charge on any atom is -0.153 e. The fraction of sp³-hybridized carbons (Fsp3) is 1.00. The average molecular weight is 168 g/mol. The van der Waals surface area contributed by atoms with Crippen LogP contribution in [0.3, 0.4) is 0 Å². The highest BCUT2D eigenvalue weighted by Crippen LogP contribution is 1.81. The van der Waals surface area contributed by atoms with Crippen LogP contribution in [0.4, 0.5) is 0 Å². The fourth-order valence-corrected chi connectivity index (χ4v) is 0. The van der Waals surface area contributed by atoms with E-state index in [1.807, 2.05) is 27.7 Å². The predicted molar refractivity (Wildman–Crippen MR) is 61.0 cm³/mol. The monoisotopic (exact) mass is 168 g/mol. The lowest BCUT2D eigenvalue weighted by atomic mass is 10.3. The second kappa shape index (κ2) is 57.0. The molecule has 0 saturated carbocycles. The molecule has 0 aliphatic carbocycles. The maximum atomic E-state index is 2.17. The molecule has 0 N–H and O–H groups in total. The molecule has 10 heavy (non-hydrogen) atoms. The summed E-state index contributed by atoms with van der Waals surface area (Å²) in [6.45, 7) is 14.5. The van der Waals surface area contributed by atoms with Gasteiger partial charge in [-0.25, -0.2) is 0 Å². The first kappa shape index (κ1) is 31.5. The quantitative estimate of drug-likeness (QED) is 0.470. The third-order valence-corrected chi connectivity index (χ3v) is 0. The van der Waals surface area contributed by atoms with E-state index in [0.717, 1.165) is 5.92 Å². The summed E-state index contributed by atoms with van der Waals surface area (Å²) in [7, 11) is 0. The highest BCUT2D eigenvalue weighted by Gasteiger charge is 1.68. The predicted octanol–water partition coefficient (Wildman–Crippen LogP) is 4.41. The van der Waals surface area contributed by atoms with Crippen LogP contribution in [-0.2, 0) is 0 Å². The second-order valence-corrected chi connectivity index (χ2v) is 1.73. The zero-order valence-corrected chi connectivity index (χ0v) is 9.70. The summed E-state index contributed by atoms with van der Waals surface area (Å²) in [4.78, 5) is 0. The van der Waals surface area contributed by atoms with Gasteiger partial charge in [-0.05, 0) is 5.92 Å². The van der Waals surface area contributed by atoms with Crippen LogP contribution in [0.1, 0.15) is 55.9 Å². The second-order valence-electron chi connectivity index (χ2n) is 1.73. The molecule has 0 fully saturated rings. The topological polar surface area (TPSA) is 0 Å². The molecular weight excluding hydrogens is 139 g/mol. The smallest absolute Gasteiger partial charge is 0.0500 e. The van der Waals surface area contributed by atoms with Crippen LogP contribution in [0.5, 0.6) is 0 Å². The van der Waals surface area contributed by atoms with Gasteiger partial charge in [0, 0.05) is 0 Å². The van der Waals surface area contributed by atoms with Crippen molar-refractivity contribution in [3.05, 3.63) is 0 Å². The van der Waals surface area contributed by atoms with Crippen molar-refractivity contribution in [3.63, 3.8) is 0 Å². The third kappa shape index (κ3) is 2520. The van der Waals surface area contributed by atoms with Crippen molar-refractivity contribution in [2.24, 2.45) is 5.92 Å². The van der Waals surface area contributed by atoms with Crippen molar-refractivity contribution in [2.75, 3.05) is 0 Å². The molecule has 0 rings (SSSR count). The molecule has 0 heterocycles. The fourth-order valence-electron chi connectivity index (χ4n) is 0. The summed E-state index contributed by atoms with van der Waals surface area (Å²) in [6, 6.07) is 0. The standard InChI is InChI=1S/C4H10.2C2H6.CH4.H3P/c1-4(2)3;2*1-2;;/h4H,1-3H3;2*1-2H3;1H4;1H3. The molecule has 0 aromatic rings. The van der Waals surface area contributed by atoms with Crippen LogP contribution >= 0.6 is 9.90 Å². The minimum atomic E-state index is 0. The summed E-state index contributed by atoms with van der Waals surface area (Å²) in [6.07, 6.45) is 0. The van der Waals surface area contributed by atoms with Gasteiger partial charge in [0.25, 0.3) is 0 Å². The van der Waals surface area contributed by atoms with Gasteiger partial charge in [0.1, 0.15) is 0 Å². The van der Waals surface area contributed by atoms with Gasteiger partial charge in [-0.15, -0.1) is 0 Å². The lowest BCUT2D eigenvalue weighted by Crippen LogP contribution is -1.66. The van der Waals surface area contributed by atoms with Crippen LogP contribution in [0.25, 0.3) is 0 Å². The Bertz CT molecular complexity index is 9.44. The van der Waals surface area contributed by atoms with E-state index in [4.69, 9.17) is 0 Å². The van der Waals surface area contributed by atoms with Crippen molar-refractivity contribution in [1.82, 2.24) is 0 Å². The molecule has 0 bridgehead atoms. The van der Waals surface area contributed by atoms with Gasteiger partial charge in [-0.2, -0.15) is 9.90 Å². The van der Waals surface area contributed by atoms with Crippen LogP contribution in [0, 0.1) is 5.92 Å². The molecule has 1 heteroatoms. The molecule has 1 unspecified atom stereocenters. The van der Waals surface area contributed by atoms with Crippen molar-refractivity contribution in [3.8, 4) is 0 Å². The third-order valence-electron chi connectivity index (χ3n) is 0. The van der Waals surface area contributed by atoms with E-state index < -0.39 is 0 Å². The minimum absolute atomic E-state index is 0. The van der Waals surface area contributed by atoms with Crippen molar-refractivity contribution >= 4 is 9.90 Å². The van der Waals surface area contributed by atoms with Gasteiger partial charge >= 0.3 is 0 Å². The highest BCUT2D eigenvalue weighted by molar-refractivity contribution is 6.92. The van der Waals surface area contributed by atoms with E-state index in [1.165, 1.54) is 0 Å². The van der Waals surface area contributed by atoms with Crippen molar-refractivity contribution in [2.45, 2.75) is 55.9 Å². The SMILES string of the molecule is C.CC.CC.CC(C)C.P. The Morgan fingerprint density at radius 2 is 0.700 bits per heavy atom. The van der Waals surface area contributed by atoms with E-state index in [1.54, 1.807) is 0 Å². The first-order valence-corrected chi connectivity index (χ1v) is 3.73. The number of hydrogen-bond donors (Lipinski definition) is 0. The van der Waals surface area contributed by atoms with Gasteiger partial charge in [0.2, 0.25) is 0 Å². The zero-order valence-electron chi connectivity index (χ0n) is 8.28. The molecule has 0 radical (unpaired) electrons. The van der Waals surface area contributed by atoms with Gasteiger partial charge in [-0.3, -0.25) is 0 Å². The molecule has 70 valence electrons. The van der Waals surface area contributed by atoms with Crippen molar-refractivity contribution in [1.29, 1.82) is 0 Å². The summed E-state index contributed by atoms with van der Waals surface area (Å²) >= 11 is 0. The molecule has 0 aromatic heterocycles. The van der Waals surface area contributed by atoms with Gasteiger partial charge < -0.3 is 0 Å². The average Bonchev–Trinajstić information content (AvgIpc) is 1.75. The maximum Gasteiger partial charge on any atom is -0.0500 e. The Kier molecular flexibility index (Phi) is 179. The first-order valence-electron chi connectivity index (χ1n) is 3.73. The molecule has 0 nitrogen and oxygen atoms in total. The van der Waals surface area contributed by atoms with E-state index >= 15 is 0 Å². The summed E-state index contributed by atoms with van der Waals surface area (Å²) < 4.78 is 0. The molecule has 0 aliphatic heterocycles. The van der Waals surface area contributed by atoms with Crippen LogP contribution in [0.15, 0.2) is 0 Å². The maximum absolute atomic E-state index is 2.17. The summed E-state index contributed by atoms with van der Waals surface area (Å²) in [5, 5.41) is 0. The van der Waals surface area contributed by atoms with E-state index in [-0.39, 0.29) is 17.3 Å². The molecule has 0 spiro atoms. The van der Waals surface area contributed by atoms with E-state index in [2.05, 4.69) is 20.8 Å². The molecular formula is C9H29P. The Morgan fingerprint density at radius 3 is 0.700 bits per heavy atom. The van der Waals surface area contributed by atoms with Gasteiger partial charge in [-0.1, -0.05) is 55.9 Å². The Labute approximate surface area is 72.4 Å². The largest absolute Gasteiger partial charge is 0.153 e. The summed E-state index contributed by atoms with van der Waals surface area (Å²) in [5.41, 5.74) is 0. The van der Waals surface area contributed by atoms with Gasteiger partial charge in [0.15, 0.2) is 0 Å². The lowest BCUT2D eigenvalue weighted by molar-refractivity contribution is 0.737. The molecule has 0 aliphatic rings. The Balaban J connectivity index is -0.0000000125. The number of hydrogen-bond acceptors (Lipinski definition) is 0. The molecule has 0 saturated heterocycles. The summed E-state index contributed by atoms with van der Waals surface area (Å²) in [5.74, 6) is 0.833. The normalized spacial score (nSPS) is 4.80. The first-order chi connectivity index (χ1) is 3.73. The Hall–Kier alpha value is 0.430. The van der Waals surface area contributed by atoms with Gasteiger partial charge in [0.05, 0.1) is 0 Å². The lowest BCUT2D eigenvalue weighted by Gasteiger charge is -1.79. The van der Waals surface area contributed by atoms with E-state index in [0.29, 0.717) is 0 Å². The van der Waals surface area contributed by atoms with E-state index in [9.17, 15) is 0 Å². The molecule has 0 aromatic carbocycles. The highest BCUT2D eigenvalue weighted by atomic mass is 31.0. The van der Waals surface area contributed by atoms with Crippen LogP contribution in [0.2, 0.25) is 0 Å². The number of rotatable bonds is 0. The van der Waals surface area contributed by atoms with Crippen LogP contribution in [-0.4, -0.2) is 0 Å². The Morgan fingerprint density at radius 1 is 0.700 bits per heavy atom. The van der Waals surface area contributed by atoms with Crippen molar-refractivity contribution < 1.29 is 0 Å². The molecule has 0 amide bonds. The molecule has 1 atom stereocenters. The van der Waals surface area contributed by atoms with Crippen LogP contribution < -0.4 is 0 Å². The zero-order chi connectivity index (χ0) is 7.58.